The highest BCUT2D eigenvalue weighted by atomic mass is 16.1. The number of anilines is 1. The average molecular weight is 235 g/mol. The lowest BCUT2D eigenvalue weighted by Gasteiger charge is -2.29. The van der Waals surface area contributed by atoms with Crippen LogP contribution in [0.15, 0.2) is 12.4 Å². The SMILES string of the molecule is CNC(=O)c1cnc(N2CCC(N)CC2)nc1. The molecule has 3 N–H and O–H groups in total. The number of nitrogens with zero attached hydrogens (tertiary/aromatic N) is 3. The molecule has 1 saturated heterocycles. The van der Waals surface area contributed by atoms with E-state index >= 15 is 0 Å². The molecule has 2 rings (SSSR count). The molecule has 0 unspecified atom stereocenters. The maximum Gasteiger partial charge on any atom is 0.254 e. The molecule has 1 amide bonds. The van der Waals surface area contributed by atoms with Crippen LogP contribution in [-0.4, -0.2) is 42.1 Å². The number of hydrogen-bond donors (Lipinski definition) is 2. The first kappa shape index (κ1) is 11.8. The third kappa shape index (κ3) is 2.71. The number of aromatic nitrogens is 2. The maximum atomic E-state index is 11.3. The van der Waals surface area contributed by atoms with E-state index in [0.717, 1.165) is 25.9 Å². The molecular weight excluding hydrogens is 218 g/mol. The molecule has 92 valence electrons. The zero-order chi connectivity index (χ0) is 12.3. The molecular formula is C11H17N5O. The molecule has 2 heterocycles. The van der Waals surface area contributed by atoms with Crippen molar-refractivity contribution in [3.63, 3.8) is 0 Å². The minimum absolute atomic E-state index is 0.169. The van der Waals surface area contributed by atoms with E-state index in [4.69, 9.17) is 5.73 Å². The van der Waals surface area contributed by atoms with Crippen molar-refractivity contribution in [3.8, 4) is 0 Å². The Balaban J connectivity index is 2.05. The van der Waals surface area contributed by atoms with E-state index in [1.54, 1.807) is 19.4 Å². The van der Waals surface area contributed by atoms with Crippen LogP contribution in [0.2, 0.25) is 0 Å². The first-order chi connectivity index (χ1) is 8.20. The quantitative estimate of drug-likeness (QED) is 0.739. The van der Waals surface area contributed by atoms with Crippen molar-refractivity contribution in [2.24, 2.45) is 5.73 Å². The first-order valence-corrected chi connectivity index (χ1v) is 5.75. The van der Waals surface area contributed by atoms with Crippen LogP contribution in [0, 0.1) is 0 Å². The predicted octanol–water partition coefficient (Wildman–Crippen LogP) is -0.236. The molecule has 6 nitrogen and oxygen atoms in total. The van der Waals surface area contributed by atoms with Gasteiger partial charge >= 0.3 is 0 Å². The van der Waals surface area contributed by atoms with Crippen molar-refractivity contribution >= 4 is 11.9 Å². The van der Waals surface area contributed by atoms with Gasteiger partial charge in [0.25, 0.3) is 5.91 Å². The van der Waals surface area contributed by atoms with Crippen LogP contribution in [0.4, 0.5) is 5.95 Å². The number of carbonyl (C=O) groups is 1. The summed E-state index contributed by atoms with van der Waals surface area (Å²) in [5.74, 6) is 0.502. The number of piperidine rings is 1. The molecule has 0 radical (unpaired) electrons. The van der Waals surface area contributed by atoms with E-state index in [9.17, 15) is 4.79 Å². The van der Waals surface area contributed by atoms with Gasteiger partial charge in [0.05, 0.1) is 5.56 Å². The van der Waals surface area contributed by atoms with Crippen LogP contribution in [-0.2, 0) is 0 Å². The number of rotatable bonds is 2. The van der Waals surface area contributed by atoms with Crippen molar-refractivity contribution in [1.29, 1.82) is 0 Å². The Hall–Kier alpha value is -1.69. The van der Waals surface area contributed by atoms with Gasteiger partial charge < -0.3 is 16.0 Å². The smallest absolute Gasteiger partial charge is 0.254 e. The van der Waals surface area contributed by atoms with Gasteiger partial charge in [-0.05, 0) is 12.8 Å². The third-order valence-electron chi connectivity index (χ3n) is 2.95. The minimum Gasteiger partial charge on any atom is -0.355 e. The number of amides is 1. The Morgan fingerprint density at radius 2 is 2.00 bits per heavy atom. The van der Waals surface area contributed by atoms with Gasteiger partial charge in [0, 0.05) is 38.6 Å². The highest BCUT2D eigenvalue weighted by molar-refractivity contribution is 5.93. The minimum atomic E-state index is -0.169. The van der Waals surface area contributed by atoms with E-state index in [1.807, 2.05) is 0 Å². The van der Waals surface area contributed by atoms with Crippen LogP contribution < -0.4 is 16.0 Å². The largest absolute Gasteiger partial charge is 0.355 e. The van der Waals surface area contributed by atoms with Gasteiger partial charge in [0.1, 0.15) is 0 Å². The fraction of sp³-hybridized carbons (Fsp3) is 0.545. The summed E-state index contributed by atoms with van der Waals surface area (Å²) in [5, 5.41) is 2.54. The fourth-order valence-electron chi connectivity index (χ4n) is 1.85. The van der Waals surface area contributed by atoms with E-state index in [-0.39, 0.29) is 11.9 Å². The van der Waals surface area contributed by atoms with Crippen LogP contribution in [0.1, 0.15) is 23.2 Å². The highest BCUT2D eigenvalue weighted by Gasteiger charge is 2.18. The monoisotopic (exact) mass is 235 g/mol. The van der Waals surface area contributed by atoms with Gasteiger partial charge in [-0.15, -0.1) is 0 Å². The zero-order valence-corrected chi connectivity index (χ0v) is 9.89. The average Bonchev–Trinajstić information content (AvgIpc) is 2.39. The van der Waals surface area contributed by atoms with Gasteiger partial charge in [-0.3, -0.25) is 4.79 Å². The van der Waals surface area contributed by atoms with Gasteiger partial charge in [-0.1, -0.05) is 0 Å². The summed E-state index contributed by atoms with van der Waals surface area (Å²) >= 11 is 0. The molecule has 17 heavy (non-hydrogen) atoms. The summed E-state index contributed by atoms with van der Waals surface area (Å²) < 4.78 is 0. The van der Waals surface area contributed by atoms with E-state index in [0.29, 0.717) is 11.5 Å². The Morgan fingerprint density at radius 1 is 1.41 bits per heavy atom. The second-order valence-electron chi connectivity index (χ2n) is 4.18. The third-order valence-corrected chi connectivity index (χ3v) is 2.95. The Kier molecular flexibility index (Phi) is 3.53. The Bertz CT molecular complexity index is 383. The molecule has 0 saturated carbocycles. The molecule has 6 heteroatoms. The summed E-state index contributed by atoms with van der Waals surface area (Å²) in [4.78, 5) is 21.8. The lowest BCUT2D eigenvalue weighted by molar-refractivity contribution is 0.0962. The van der Waals surface area contributed by atoms with Crippen molar-refractivity contribution in [2.45, 2.75) is 18.9 Å². The zero-order valence-electron chi connectivity index (χ0n) is 9.89. The Morgan fingerprint density at radius 3 is 2.53 bits per heavy atom. The molecule has 1 aromatic rings. The summed E-state index contributed by atoms with van der Waals surface area (Å²) in [6, 6.07) is 0.288. The number of carbonyl (C=O) groups excluding carboxylic acids is 1. The van der Waals surface area contributed by atoms with Gasteiger partial charge in [-0.2, -0.15) is 0 Å². The molecule has 0 aromatic carbocycles. The molecule has 1 aliphatic rings. The van der Waals surface area contributed by atoms with Crippen LogP contribution in [0.5, 0.6) is 0 Å². The summed E-state index contributed by atoms with van der Waals surface area (Å²) in [7, 11) is 1.59. The van der Waals surface area contributed by atoms with Gasteiger partial charge in [-0.25, -0.2) is 9.97 Å². The predicted molar refractivity (Wildman–Crippen MR) is 64.8 cm³/mol. The van der Waals surface area contributed by atoms with E-state index in [2.05, 4.69) is 20.2 Å². The second kappa shape index (κ2) is 5.09. The normalized spacial score (nSPS) is 16.9. The van der Waals surface area contributed by atoms with E-state index < -0.39 is 0 Å². The van der Waals surface area contributed by atoms with Crippen LogP contribution >= 0.6 is 0 Å². The molecule has 0 aliphatic carbocycles. The highest BCUT2D eigenvalue weighted by Crippen LogP contribution is 2.14. The van der Waals surface area contributed by atoms with Crippen molar-refractivity contribution in [1.82, 2.24) is 15.3 Å². The molecule has 1 aromatic heterocycles. The second-order valence-corrected chi connectivity index (χ2v) is 4.18. The molecule has 1 aliphatic heterocycles. The van der Waals surface area contributed by atoms with Crippen molar-refractivity contribution < 1.29 is 4.79 Å². The molecule has 0 atom stereocenters. The van der Waals surface area contributed by atoms with E-state index in [1.165, 1.54) is 0 Å². The molecule has 0 spiro atoms. The Labute approximate surface area is 100 Å². The first-order valence-electron chi connectivity index (χ1n) is 5.75. The van der Waals surface area contributed by atoms with Crippen LogP contribution in [0.3, 0.4) is 0 Å². The number of nitrogens with two attached hydrogens (primary N) is 1. The topological polar surface area (TPSA) is 84.1 Å². The van der Waals surface area contributed by atoms with Crippen molar-refractivity contribution in [3.05, 3.63) is 18.0 Å². The molecule has 1 fully saturated rings. The standard InChI is InChI=1S/C11H17N5O/c1-13-10(17)8-6-14-11(15-7-8)16-4-2-9(12)3-5-16/h6-7,9H,2-5,12H2,1H3,(H,13,17). The van der Waals surface area contributed by atoms with Gasteiger partial charge in [0.2, 0.25) is 5.95 Å². The van der Waals surface area contributed by atoms with Crippen LogP contribution in [0.25, 0.3) is 0 Å². The number of hydrogen-bond acceptors (Lipinski definition) is 5. The van der Waals surface area contributed by atoms with Gasteiger partial charge in [0.15, 0.2) is 0 Å². The maximum absolute atomic E-state index is 11.3. The fourth-order valence-corrected chi connectivity index (χ4v) is 1.85. The number of nitrogens with one attached hydrogen (secondary N) is 1. The molecule has 0 bridgehead atoms. The summed E-state index contributed by atoms with van der Waals surface area (Å²) in [6.45, 7) is 1.75. The summed E-state index contributed by atoms with van der Waals surface area (Å²) in [6.07, 6.45) is 5.02. The van der Waals surface area contributed by atoms with Crippen molar-refractivity contribution in [2.75, 3.05) is 25.0 Å². The lowest BCUT2D eigenvalue weighted by Crippen LogP contribution is -2.40. The lowest BCUT2D eigenvalue weighted by atomic mass is 10.1. The summed E-state index contributed by atoms with van der Waals surface area (Å²) in [5.41, 5.74) is 6.31.